The summed E-state index contributed by atoms with van der Waals surface area (Å²) >= 11 is 0. The molecule has 0 radical (unpaired) electrons. The fourth-order valence-corrected chi connectivity index (χ4v) is 1.87. The molecule has 0 bridgehead atoms. The zero-order chi connectivity index (χ0) is 11.6. The number of nitrogens with two attached hydrogens (primary N) is 1. The highest BCUT2D eigenvalue weighted by Gasteiger charge is 2.48. The van der Waals surface area contributed by atoms with Gasteiger partial charge in [0.2, 0.25) is 5.91 Å². The quantitative estimate of drug-likeness (QED) is 0.633. The van der Waals surface area contributed by atoms with Crippen molar-refractivity contribution in [1.82, 2.24) is 5.32 Å². The number of amides is 1. The molecule has 0 aromatic heterocycles. The number of hydrogen-bond donors (Lipinski definition) is 3. The van der Waals surface area contributed by atoms with Crippen LogP contribution in [0.1, 0.15) is 40.0 Å². The number of carbonyl (C=O) groups is 1. The molecule has 1 aliphatic rings. The van der Waals surface area contributed by atoms with Crippen LogP contribution < -0.4 is 11.1 Å². The van der Waals surface area contributed by atoms with Gasteiger partial charge < -0.3 is 16.2 Å². The normalized spacial score (nSPS) is 30.5. The molecule has 1 fully saturated rings. The van der Waals surface area contributed by atoms with Crippen molar-refractivity contribution in [3.05, 3.63) is 0 Å². The average molecular weight is 214 g/mol. The molecular weight excluding hydrogens is 192 g/mol. The van der Waals surface area contributed by atoms with Crippen molar-refractivity contribution < 1.29 is 9.90 Å². The van der Waals surface area contributed by atoms with E-state index in [2.05, 4.69) is 5.32 Å². The minimum atomic E-state index is -0.413. The van der Waals surface area contributed by atoms with Gasteiger partial charge in [0.15, 0.2) is 0 Å². The third kappa shape index (κ3) is 2.49. The smallest absolute Gasteiger partial charge is 0.237 e. The van der Waals surface area contributed by atoms with Crippen LogP contribution in [0.2, 0.25) is 0 Å². The van der Waals surface area contributed by atoms with Crippen molar-refractivity contribution in [3.8, 4) is 0 Å². The third-order valence-electron chi connectivity index (χ3n) is 3.47. The predicted molar refractivity (Wildman–Crippen MR) is 59.2 cm³/mol. The molecule has 0 aromatic rings. The summed E-state index contributed by atoms with van der Waals surface area (Å²) in [5.74, 6) is -0.0955. The maximum atomic E-state index is 11.6. The van der Waals surface area contributed by atoms with Crippen LogP contribution in [0.4, 0.5) is 0 Å². The summed E-state index contributed by atoms with van der Waals surface area (Å²) in [6.45, 7) is 5.92. The molecule has 1 saturated carbocycles. The molecule has 4 nitrogen and oxygen atoms in total. The van der Waals surface area contributed by atoms with Crippen LogP contribution in [0.25, 0.3) is 0 Å². The van der Waals surface area contributed by atoms with Crippen LogP contribution in [0.3, 0.4) is 0 Å². The summed E-state index contributed by atoms with van der Waals surface area (Å²) in [6, 6.07) is -0.355. The van der Waals surface area contributed by atoms with Gasteiger partial charge in [0, 0.05) is 11.5 Å². The lowest BCUT2D eigenvalue weighted by atomic mass is 9.64. The lowest BCUT2D eigenvalue weighted by Gasteiger charge is -2.49. The van der Waals surface area contributed by atoms with Crippen LogP contribution in [-0.4, -0.2) is 29.2 Å². The fourth-order valence-electron chi connectivity index (χ4n) is 1.87. The largest absolute Gasteiger partial charge is 0.392 e. The second-order valence-electron chi connectivity index (χ2n) is 5.03. The van der Waals surface area contributed by atoms with Crippen LogP contribution in [0.15, 0.2) is 0 Å². The molecule has 1 rings (SSSR count). The molecule has 0 heterocycles. The number of carbonyl (C=O) groups excluding carboxylic acids is 1. The first kappa shape index (κ1) is 12.5. The van der Waals surface area contributed by atoms with E-state index < -0.39 is 6.04 Å². The standard InChI is InChI=1S/C11H22N2O2/c1-4-5-7(12)10(15)13-8-6-9(14)11(8,2)3/h7-9,14H,4-6,12H2,1-3H3,(H,13,15)/t7-,8?,9?/m0/s1. The molecule has 15 heavy (non-hydrogen) atoms. The summed E-state index contributed by atoms with van der Waals surface area (Å²) < 4.78 is 0. The lowest BCUT2D eigenvalue weighted by Crippen LogP contribution is -2.62. The molecule has 2 unspecified atom stereocenters. The predicted octanol–water partition coefficient (Wildman–Crippen LogP) is 0.389. The van der Waals surface area contributed by atoms with E-state index in [1.165, 1.54) is 0 Å². The van der Waals surface area contributed by atoms with Crippen molar-refractivity contribution in [2.45, 2.75) is 58.2 Å². The van der Waals surface area contributed by atoms with Gasteiger partial charge in [0.25, 0.3) is 0 Å². The Morgan fingerprint density at radius 1 is 1.67 bits per heavy atom. The molecule has 4 heteroatoms. The van der Waals surface area contributed by atoms with E-state index in [0.29, 0.717) is 12.8 Å². The van der Waals surface area contributed by atoms with Gasteiger partial charge in [-0.1, -0.05) is 27.2 Å². The zero-order valence-electron chi connectivity index (χ0n) is 9.79. The summed E-state index contributed by atoms with van der Waals surface area (Å²) in [7, 11) is 0. The first-order valence-corrected chi connectivity index (χ1v) is 5.63. The van der Waals surface area contributed by atoms with E-state index in [1.807, 2.05) is 20.8 Å². The van der Waals surface area contributed by atoms with Crippen LogP contribution in [-0.2, 0) is 4.79 Å². The summed E-state index contributed by atoms with van der Waals surface area (Å²) in [5, 5.41) is 12.4. The van der Waals surface area contributed by atoms with Crippen molar-refractivity contribution in [1.29, 1.82) is 0 Å². The zero-order valence-corrected chi connectivity index (χ0v) is 9.79. The SMILES string of the molecule is CCC[C@H](N)C(=O)NC1CC(O)C1(C)C. The summed E-state index contributed by atoms with van der Waals surface area (Å²) in [5.41, 5.74) is 5.48. The molecule has 1 aliphatic carbocycles. The van der Waals surface area contributed by atoms with Crippen molar-refractivity contribution >= 4 is 5.91 Å². The van der Waals surface area contributed by atoms with Crippen LogP contribution >= 0.6 is 0 Å². The van der Waals surface area contributed by atoms with E-state index in [9.17, 15) is 9.90 Å². The van der Waals surface area contributed by atoms with Gasteiger partial charge in [-0.2, -0.15) is 0 Å². The molecule has 4 N–H and O–H groups in total. The maximum absolute atomic E-state index is 11.6. The first-order valence-electron chi connectivity index (χ1n) is 5.63. The summed E-state index contributed by atoms with van der Waals surface area (Å²) in [4.78, 5) is 11.6. The van der Waals surface area contributed by atoms with Gasteiger partial charge in [-0.15, -0.1) is 0 Å². The second kappa shape index (κ2) is 4.49. The molecule has 0 saturated heterocycles. The highest BCUT2D eigenvalue weighted by Crippen LogP contribution is 2.40. The molecular formula is C11H22N2O2. The second-order valence-corrected chi connectivity index (χ2v) is 5.03. The molecule has 0 spiro atoms. The number of aliphatic hydroxyl groups excluding tert-OH is 1. The Kier molecular flexibility index (Phi) is 3.73. The Labute approximate surface area is 91.2 Å². The highest BCUT2D eigenvalue weighted by molar-refractivity contribution is 5.81. The Morgan fingerprint density at radius 3 is 2.67 bits per heavy atom. The van der Waals surface area contributed by atoms with Crippen LogP contribution in [0.5, 0.6) is 0 Å². The lowest BCUT2D eigenvalue weighted by molar-refractivity contribution is -0.130. The molecule has 0 aliphatic heterocycles. The van der Waals surface area contributed by atoms with E-state index in [4.69, 9.17) is 5.73 Å². The molecule has 0 aromatic carbocycles. The number of rotatable bonds is 4. The Morgan fingerprint density at radius 2 is 2.27 bits per heavy atom. The van der Waals surface area contributed by atoms with E-state index in [0.717, 1.165) is 6.42 Å². The number of hydrogen-bond acceptors (Lipinski definition) is 3. The Balaban J connectivity index is 2.40. The number of nitrogens with one attached hydrogen (secondary N) is 1. The fraction of sp³-hybridized carbons (Fsp3) is 0.909. The third-order valence-corrected chi connectivity index (χ3v) is 3.47. The maximum Gasteiger partial charge on any atom is 0.237 e. The van der Waals surface area contributed by atoms with Crippen LogP contribution in [0, 0.1) is 5.41 Å². The Hall–Kier alpha value is -0.610. The molecule has 1 amide bonds. The van der Waals surface area contributed by atoms with E-state index in [1.54, 1.807) is 0 Å². The van der Waals surface area contributed by atoms with Gasteiger partial charge in [-0.3, -0.25) is 4.79 Å². The van der Waals surface area contributed by atoms with E-state index >= 15 is 0 Å². The number of aliphatic hydroxyl groups is 1. The van der Waals surface area contributed by atoms with Crippen molar-refractivity contribution in [2.75, 3.05) is 0 Å². The average Bonchev–Trinajstić information content (AvgIpc) is 2.17. The van der Waals surface area contributed by atoms with Gasteiger partial charge in [-0.25, -0.2) is 0 Å². The minimum absolute atomic E-state index is 0.0582. The molecule has 3 atom stereocenters. The van der Waals surface area contributed by atoms with Gasteiger partial charge in [-0.05, 0) is 12.8 Å². The monoisotopic (exact) mass is 214 g/mol. The first-order chi connectivity index (χ1) is 6.89. The van der Waals surface area contributed by atoms with Crippen molar-refractivity contribution in [2.24, 2.45) is 11.1 Å². The minimum Gasteiger partial charge on any atom is -0.392 e. The van der Waals surface area contributed by atoms with Gasteiger partial charge in [0.1, 0.15) is 0 Å². The van der Waals surface area contributed by atoms with Gasteiger partial charge >= 0.3 is 0 Å². The highest BCUT2D eigenvalue weighted by atomic mass is 16.3. The topological polar surface area (TPSA) is 75.4 Å². The van der Waals surface area contributed by atoms with E-state index in [-0.39, 0.29) is 23.5 Å². The Bertz CT molecular complexity index is 241. The van der Waals surface area contributed by atoms with Gasteiger partial charge in [0.05, 0.1) is 12.1 Å². The van der Waals surface area contributed by atoms with Crippen molar-refractivity contribution in [3.63, 3.8) is 0 Å². The molecule has 88 valence electrons. The summed E-state index contributed by atoms with van der Waals surface area (Å²) in [6.07, 6.45) is 1.94.